The van der Waals surface area contributed by atoms with Gasteiger partial charge in [-0.3, -0.25) is 0 Å². The number of sulfonamides is 1. The minimum Gasteiger partial charge on any atom is -0.326 e. The van der Waals surface area contributed by atoms with Crippen LogP contribution in [0, 0.1) is 0 Å². The van der Waals surface area contributed by atoms with Gasteiger partial charge in [0, 0.05) is 17.5 Å². The Morgan fingerprint density at radius 1 is 1.11 bits per heavy atom. The number of rotatable bonds is 3. The summed E-state index contributed by atoms with van der Waals surface area (Å²) in [6.45, 7) is 0. The summed E-state index contributed by atoms with van der Waals surface area (Å²) < 4.78 is 27.2. The average molecular weight is 262 g/mol. The predicted molar refractivity (Wildman–Crippen MR) is 70.6 cm³/mol. The minimum absolute atomic E-state index is 0.0465. The molecule has 2 aromatic rings. The first kappa shape index (κ1) is 11.6. The maximum absolute atomic E-state index is 12.3. The van der Waals surface area contributed by atoms with Crippen molar-refractivity contribution in [3.8, 4) is 0 Å². The van der Waals surface area contributed by atoms with E-state index in [-0.39, 0.29) is 12.1 Å². The lowest BCUT2D eigenvalue weighted by Crippen LogP contribution is -2.29. The highest BCUT2D eigenvalue weighted by molar-refractivity contribution is 7.89. The molecule has 2 unspecified atom stereocenters. The van der Waals surface area contributed by atoms with E-state index in [0.717, 1.165) is 10.8 Å². The van der Waals surface area contributed by atoms with Crippen LogP contribution in [0.5, 0.6) is 0 Å². The van der Waals surface area contributed by atoms with E-state index in [1.165, 1.54) is 0 Å². The Balaban J connectivity index is 2.08. The summed E-state index contributed by atoms with van der Waals surface area (Å²) in [7, 11) is -3.49. The van der Waals surface area contributed by atoms with Crippen molar-refractivity contribution >= 4 is 20.8 Å². The summed E-state index contributed by atoms with van der Waals surface area (Å²) in [5.41, 5.74) is 5.64. The van der Waals surface area contributed by atoms with Crippen LogP contribution in [0.25, 0.3) is 10.8 Å². The van der Waals surface area contributed by atoms with Crippen molar-refractivity contribution in [1.82, 2.24) is 4.72 Å². The van der Waals surface area contributed by atoms with Crippen molar-refractivity contribution < 1.29 is 8.42 Å². The first-order valence-electron chi connectivity index (χ1n) is 5.83. The number of fused-ring (bicyclic) bond motifs is 1. The molecular weight excluding hydrogens is 248 g/mol. The highest BCUT2D eigenvalue weighted by Gasteiger charge is 2.37. The number of benzene rings is 2. The Morgan fingerprint density at radius 2 is 1.78 bits per heavy atom. The standard InChI is InChI=1S/C13H14N2O2S/c14-11-8-12(11)15-18(16,17)13-7-3-5-9-4-1-2-6-10(9)13/h1-7,11-12,15H,8,14H2. The van der Waals surface area contributed by atoms with Gasteiger partial charge in [-0.05, 0) is 17.9 Å². The number of hydrogen-bond acceptors (Lipinski definition) is 3. The van der Waals surface area contributed by atoms with Crippen LogP contribution < -0.4 is 10.5 Å². The van der Waals surface area contributed by atoms with E-state index >= 15 is 0 Å². The quantitative estimate of drug-likeness (QED) is 0.873. The molecular formula is C13H14N2O2S. The van der Waals surface area contributed by atoms with Gasteiger partial charge in [0.25, 0.3) is 0 Å². The van der Waals surface area contributed by atoms with Crippen LogP contribution in [0.3, 0.4) is 0 Å². The molecule has 1 aliphatic carbocycles. The highest BCUT2D eigenvalue weighted by Crippen LogP contribution is 2.26. The smallest absolute Gasteiger partial charge is 0.241 e. The van der Waals surface area contributed by atoms with E-state index < -0.39 is 10.0 Å². The molecule has 0 radical (unpaired) electrons. The molecule has 1 aliphatic rings. The lowest BCUT2D eigenvalue weighted by atomic mass is 10.1. The van der Waals surface area contributed by atoms with Gasteiger partial charge in [0.1, 0.15) is 0 Å². The van der Waals surface area contributed by atoms with Crippen molar-refractivity contribution in [2.75, 3.05) is 0 Å². The zero-order valence-electron chi connectivity index (χ0n) is 9.71. The molecule has 18 heavy (non-hydrogen) atoms. The summed E-state index contributed by atoms with van der Waals surface area (Å²) in [6, 6.07) is 12.6. The molecule has 0 bridgehead atoms. The van der Waals surface area contributed by atoms with Crippen LogP contribution in [0.2, 0.25) is 0 Å². The Kier molecular flexibility index (Phi) is 2.62. The van der Waals surface area contributed by atoms with Crippen molar-refractivity contribution in [2.45, 2.75) is 23.4 Å². The molecule has 0 saturated heterocycles. The summed E-state index contributed by atoms with van der Waals surface area (Å²) in [5.74, 6) is 0. The summed E-state index contributed by atoms with van der Waals surface area (Å²) in [5, 5.41) is 1.65. The largest absolute Gasteiger partial charge is 0.326 e. The van der Waals surface area contributed by atoms with Crippen molar-refractivity contribution in [2.24, 2.45) is 5.73 Å². The molecule has 2 aromatic carbocycles. The lowest BCUT2D eigenvalue weighted by molar-refractivity contribution is 0.580. The molecule has 0 aliphatic heterocycles. The van der Waals surface area contributed by atoms with Gasteiger partial charge in [-0.25, -0.2) is 13.1 Å². The third-order valence-corrected chi connectivity index (χ3v) is 4.73. The first-order valence-corrected chi connectivity index (χ1v) is 7.32. The zero-order chi connectivity index (χ0) is 12.8. The molecule has 94 valence electrons. The Labute approximate surface area is 106 Å². The zero-order valence-corrected chi connectivity index (χ0v) is 10.5. The predicted octanol–water partition coefficient (Wildman–Crippen LogP) is 1.22. The lowest BCUT2D eigenvalue weighted by Gasteiger charge is -2.08. The SMILES string of the molecule is NC1CC1NS(=O)(=O)c1cccc2ccccc12. The molecule has 3 rings (SSSR count). The van der Waals surface area contributed by atoms with E-state index in [1.807, 2.05) is 30.3 Å². The molecule has 0 aromatic heterocycles. The van der Waals surface area contributed by atoms with Gasteiger partial charge in [-0.15, -0.1) is 0 Å². The normalized spacial score (nSPS) is 23.2. The van der Waals surface area contributed by atoms with Crippen LogP contribution in [-0.2, 0) is 10.0 Å². The van der Waals surface area contributed by atoms with Crippen LogP contribution in [0.15, 0.2) is 47.4 Å². The Bertz CT molecular complexity index is 692. The first-order chi connectivity index (χ1) is 8.58. The molecule has 0 spiro atoms. The molecule has 0 heterocycles. The second kappa shape index (κ2) is 4.05. The third kappa shape index (κ3) is 2.01. The Hall–Kier alpha value is -1.43. The summed E-state index contributed by atoms with van der Waals surface area (Å²) in [6.07, 6.45) is 0.712. The maximum atomic E-state index is 12.3. The van der Waals surface area contributed by atoms with Crippen LogP contribution in [-0.4, -0.2) is 20.5 Å². The average Bonchev–Trinajstić information content (AvgIpc) is 3.03. The Morgan fingerprint density at radius 3 is 2.50 bits per heavy atom. The van der Waals surface area contributed by atoms with Crippen LogP contribution >= 0.6 is 0 Å². The van der Waals surface area contributed by atoms with E-state index in [9.17, 15) is 8.42 Å². The fraction of sp³-hybridized carbons (Fsp3) is 0.231. The topological polar surface area (TPSA) is 72.2 Å². The van der Waals surface area contributed by atoms with Gasteiger partial charge >= 0.3 is 0 Å². The second-order valence-electron chi connectivity index (χ2n) is 4.60. The molecule has 0 amide bonds. The minimum atomic E-state index is -3.49. The van der Waals surface area contributed by atoms with Gasteiger partial charge in [0.05, 0.1) is 4.90 Å². The van der Waals surface area contributed by atoms with Crippen LogP contribution in [0.1, 0.15) is 6.42 Å². The summed E-state index contributed by atoms with van der Waals surface area (Å²) in [4.78, 5) is 0.319. The van der Waals surface area contributed by atoms with E-state index in [2.05, 4.69) is 4.72 Å². The number of hydrogen-bond donors (Lipinski definition) is 2. The van der Waals surface area contributed by atoms with Crippen molar-refractivity contribution in [3.63, 3.8) is 0 Å². The molecule has 2 atom stereocenters. The van der Waals surface area contributed by atoms with Crippen molar-refractivity contribution in [3.05, 3.63) is 42.5 Å². The highest BCUT2D eigenvalue weighted by atomic mass is 32.2. The van der Waals surface area contributed by atoms with E-state index in [4.69, 9.17) is 5.73 Å². The van der Waals surface area contributed by atoms with Gasteiger partial charge in [0.15, 0.2) is 0 Å². The fourth-order valence-corrected chi connectivity index (χ4v) is 3.57. The number of nitrogens with one attached hydrogen (secondary N) is 1. The molecule has 5 heteroatoms. The van der Waals surface area contributed by atoms with Gasteiger partial charge in [-0.1, -0.05) is 36.4 Å². The fourth-order valence-electron chi connectivity index (χ4n) is 2.04. The van der Waals surface area contributed by atoms with Crippen LogP contribution in [0.4, 0.5) is 0 Å². The summed E-state index contributed by atoms with van der Waals surface area (Å²) >= 11 is 0. The third-order valence-electron chi connectivity index (χ3n) is 3.19. The maximum Gasteiger partial charge on any atom is 0.241 e. The number of nitrogens with two attached hydrogens (primary N) is 1. The molecule has 1 saturated carbocycles. The molecule has 4 nitrogen and oxygen atoms in total. The van der Waals surface area contributed by atoms with Crippen molar-refractivity contribution in [1.29, 1.82) is 0 Å². The molecule has 1 fully saturated rings. The van der Waals surface area contributed by atoms with Gasteiger partial charge in [-0.2, -0.15) is 0 Å². The van der Waals surface area contributed by atoms with Gasteiger partial charge < -0.3 is 5.73 Å². The van der Waals surface area contributed by atoms with E-state index in [0.29, 0.717) is 11.3 Å². The monoisotopic (exact) mass is 262 g/mol. The second-order valence-corrected chi connectivity index (χ2v) is 6.29. The van der Waals surface area contributed by atoms with E-state index in [1.54, 1.807) is 12.1 Å². The molecule has 3 N–H and O–H groups in total. The van der Waals surface area contributed by atoms with Gasteiger partial charge in [0.2, 0.25) is 10.0 Å².